The maximum Gasteiger partial charge on any atom is 0.313 e. The molecule has 3 aromatic heterocycles. The summed E-state index contributed by atoms with van der Waals surface area (Å²) in [4.78, 5) is 30.7. The smallest absolute Gasteiger partial charge is 0.313 e. The molecule has 9 nitrogen and oxygen atoms in total. The van der Waals surface area contributed by atoms with E-state index in [0.29, 0.717) is 46.6 Å². The second kappa shape index (κ2) is 9.82. The Labute approximate surface area is 192 Å². The number of nitrogens with one attached hydrogen (secondary N) is 1. The molecule has 9 heteroatoms. The molecule has 0 radical (unpaired) electrons. The van der Waals surface area contributed by atoms with Gasteiger partial charge in [0, 0.05) is 44.3 Å². The summed E-state index contributed by atoms with van der Waals surface area (Å²) in [5.41, 5.74) is 2.46. The van der Waals surface area contributed by atoms with Gasteiger partial charge in [0.25, 0.3) is 5.56 Å². The fourth-order valence-electron chi connectivity index (χ4n) is 4.84. The average Bonchev–Trinajstić information content (AvgIpc) is 2.86. The van der Waals surface area contributed by atoms with Crippen molar-refractivity contribution in [2.45, 2.75) is 51.5 Å². The van der Waals surface area contributed by atoms with Crippen LogP contribution >= 0.6 is 0 Å². The van der Waals surface area contributed by atoms with Crippen LogP contribution in [0.3, 0.4) is 0 Å². The largest absolute Gasteiger partial charge is 0.479 e. The van der Waals surface area contributed by atoms with E-state index in [4.69, 9.17) is 9.72 Å². The van der Waals surface area contributed by atoms with Crippen molar-refractivity contribution in [2.24, 2.45) is 11.8 Å². The number of hydrogen-bond acceptors (Lipinski definition) is 8. The lowest BCUT2D eigenvalue weighted by atomic mass is 9.89. The van der Waals surface area contributed by atoms with Gasteiger partial charge < -0.3 is 15.2 Å². The lowest BCUT2D eigenvalue weighted by Crippen LogP contribution is -2.31. The molecule has 1 saturated carbocycles. The molecule has 1 aliphatic carbocycles. The second-order valence-electron chi connectivity index (χ2n) is 9.13. The summed E-state index contributed by atoms with van der Waals surface area (Å²) in [6.07, 6.45) is 11.0. The summed E-state index contributed by atoms with van der Waals surface area (Å²) < 4.78 is 7.25. The highest BCUT2D eigenvalue weighted by Crippen LogP contribution is 2.27. The first kappa shape index (κ1) is 21.8. The Kier molecular flexibility index (Phi) is 6.48. The average molecular weight is 451 g/mol. The van der Waals surface area contributed by atoms with Gasteiger partial charge in [0.05, 0.1) is 5.69 Å². The van der Waals surface area contributed by atoms with Gasteiger partial charge in [-0.15, -0.1) is 0 Å². The first-order valence-corrected chi connectivity index (χ1v) is 11.9. The lowest BCUT2D eigenvalue weighted by molar-refractivity contribution is 0.0699. The summed E-state index contributed by atoms with van der Waals surface area (Å²) in [5, 5.41) is 12.7. The van der Waals surface area contributed by atoms with Crippen molar-refractivity contribution in [3.05, 3.63) is 34.9 Å². The topological polar surface area (TPSA) is 115 Å². The summed E-state index contributed by atoms with van der Waals surface area (Å²) in [6, 6.07) is 3.46. The molecule has 1 saturated heterocycles. The third-order valence-corrected chi connectivity index (χ3v) is 6.79. The minimum atomic E-state index is -0.282. The van der Waals surface area contributed by atoms with E-state index in [9.17, 15) is 9.90 Å². The van der Waals surface area contributed by atoms with Gasteiger partial charge in [-0.05, 0) is 49.7 Å². The van der Waals surface area contributed by atoms with Crippen molar-refractivity contribution in [3.8, 4) is 17.3 Å². The van der Waals surface area contributed by atoms with E-state index in [1.807, 2.05) is 12.1 Å². The molecule has 0 atom stereocenters. The van der Waals surface area contributed by atoms with Crippen LogP contribution in [0.5, 0.6) is 6.01 Å². The van der Waals surface area contributed by atoms with E-state index in [-0.39, 0.29) is 11.6 Å². The molecule has 0 amide bonds. The zero-order valence-corrected chi connectivity index (χ0v) is 18.7. The summed E-state index contributed by atoms with van der Waals surface area (Å²) in [7, 11) is 0. The van der Waals surface area contributed by atoms with Crippen molar-refractivity contribution in [3.63, 3.8) is 0 Å². The first-order valence-electron chi connectivity index (χ1n) is 11.9. The molecule has 5 rings (SSSR count). The molecule has 0 bridgehead atoms. The highest BCUT2D eigenvalue weighted by molar-refractivity contribution is 5.76. The number of aromatic hydroxyl groups is 1. The van der Waals surface area contributed by atoms with E-state index in [2.05, 4.69) is 20.3 Å². The Bertz CT molecular complexity index is 1150. The molecule has 2 fully saturated rings. The third kappa shape index (κ3) is 4.98. The quantitative estimate of drug-likeness (QED) is 0.587. The van der Waals surface area contributed by atoms with Crippen molar-refractivity contribution in [1.82, 2.24) is 24.5 Å². The molecule has 2 N–H and O–H groups in total. The van der Waals surface area contributed by atoms with Crippen LogP contribution in [0.4, 0.5) is 5.82 Å². The number of hydrogen-bond donors (Lipinski definition) is 2. The molecule has 33 heavy (non-hydrogen) atoms. The van der Waals surface area contributed by atoms with Crippen LogP contribution in [-0.4, -0.2) is 49.4 Å². The van der Waals surface area contributed by atoms with Crippen molar-refractivity contribution in [2.75, 3.05) is 25.1 Å². The van der Waals surface area contributed by atoms with Gasteiger partial charge in [-0.25, -0.2) is 19.9 Å². The van der Waals surface area contributed by atoms with Crippen LogP contribution in [-0.2, 0) is 11.3 Å². The molecule has 0 unspecified atom stereocenters. The maximum absolute atomic E-state index is 13.5. The normalized spacial score (nSPS) is 17.9. The number of pyridine rings is 1. The van der Waals surface area contributed by atoms with E-state index in [1.165, 1.54) is 31.7 Å². The predicted octanol–water partition coefficient (Wildman–Crippen LogP) is 3.37. The van der Waals surface area contributed by atoms with Crippen LogP contribution < -0.4 is 10.9 Å². The summed E-state index contributed by atoms with van der Waals surface area (Å²) in [5.74, 6) is 1.35. The molecular formula is C24H30N6O3. The van der Waals surface area contributed by atoms with Gasteiger partial charge in [-0.3, -0.25) is 9.36 Å². The highest BCUT2D eigenvalue weighted by atomic mass is 16.5. The van der Waals surface area contributed by atoms with Gasteiger partial charge in [0.15, 0.2) is 11.5 Å². The second-order valence-corrected chi connectivity index (χ2v) is 9.13. The number of aromatic nitrogens is 5. The van der Waals surface area contributed by atoms with Crippen LogP contribution in [0.2, 0.25) is 0 Å². The Morgan fingerprint density at radius 1 is 1.00 bits per heavy atom. The molecule has 174 valence electrons. The predicted molar refractivity (Wildman–Crippen MR) is 125 cm³/mol. The van der Waals surface area contributed by atoms with Crippen LogP contribution in [0, 0.1) is 11.8 Å². The molecule has 2 aliphatic rings. The number of nitrogens with zero attached hydrogens (tertiary/aromatic N) is 5. The Morgan fingerprint density at radius 2 is 1.76 bits per heavy atom. The van der Waals surface area contributed by atoms with Gasteiger partial charge in [0.2, 0.25) is 0 Å². The minimum absolute atomic E-state index is 0.119. The Morgan fingerprint density at radius 3 is 2.52 bits per heavy atom. The molecule has 0 spiro atoms. The van der Waals surface area contributed by atoms with Crippen LogP contribution in [0.1, 0.15) is 44.9 Å². The van der Waals surface area contributed by atoms with E-state index >= 15 is 0 Å². The number of ether oxygens (including phenoxy) is 1. The van der Waals surface area contributed by atoms with Crippen molar-refractivity contribution in [1.29, 1.82) is 0 Å². The zero-order chi connectivity index (χ0) is 22.6. The monoisotopic (exact) mass is 450 g/mol. The van der Waals surface area contributed by atoms with Gasteiger partial charge in [-0.2, -0.15) is 0 Å². The zero-order valence-electron chi connectivity index (χ0n) is 18.7. The number of fused-ring (bicyclic) bond motifs is 1. The van der Waals surface area contributed by atoms with Crippen molar-refractivity contribution >= 4 is 17.0 Å². The van der Waals surface area contributed by atoms with Crippen LogP contribution in [0.25, 0.3) is 22.4 Å². The molecule has 0 aromatic carbocycles. The first-order chi connectivity index (χ1) is 16.2. The number of anilines is 1. The third-order valence-electron chi connectivity index (χ3n) is 6.79. The van der Waals surface area contributed by atoms with E-state index in [0.717, 1.165) is 45.4 Å². The molecule has 1 aliphatic heterocycles. The van der Waals surface area contributed by atoms with Gasteiger partial charge >= 0.3 is 6.01 Å². The molecular weight excluding hydrogens is 420 g/mol. The Hall–Kier alpha value is -3.07. The maximum atomic E-state index is 13.5. The van der Waals surface area contributed by atoms with E-state index < -0.39 is 0 Å². The minimum Gasteiger partial charge on any atom is -0.479 e. The lowest BCUT2D eigenvalue weighted by Gasteiger charge is -2.24. The fraction of sp³-hybridized carbons (Fsp3) is 0.542. The Balaban J connectivity index is 1.51. The van der Waals surface area contributed by atoms with Gasteiger partial charge in [-0.1, -0.05) is 19.3 Å². The van der Waals surface area contributed by atoms with E-state index in [1.54, 1.807) is 4.57 Å². The standard InChI is InChI=1S/C24H30N6O3/c31-23-21(25-12-16-8-10-33-11-9-16)28-20-7-6-19(18-13-26-24(32)27-14-18)29-22(20)30(23)15-17-4-2-1-3-5-17/h6-7,13-14,16-17H,1-5,8-12,15H2,(H,25,28)(H,26,27,32). The SMILES string of the molecule is O=c1c(NCC2CCOCC2)nc2ccc(-c3cnc(O)nc3)nc2n1CC1CCCCC1. The highest BCUT2D eigenvalue weighted by Gasteiger charge is 2.20. The summed E-state index contributed by atoms with van der Waals surface area (Å²) in [6.45, 7) is 2.91. The van der Waals surface area contributed by atoms with Gasteiger partial charge in [0.1, 0.15) is 5.52 Å². The summed E-state index contributed by atoms with van der Waals surface area (Å²) >= 11 is 0. The van der Waals surface area contributed by atoms with Crippen LogP contribution in [0.15, 0.2) is 29.3 Å². The van der Waals surface area contributed by atoms with Crippen molar-refractivity contribution < 1.29 is 9.84 Å². The number of rotatable bonds is 6. The molecule has 3 aromatic rings. The fourth-order valence-corrected chi connectivity index (χ4v) is 4.84. The molecule has 4 heterocycles.